The minimum Gasteiger partial charge on any atom is -0.488 e. The number of nitrogens with zero attached hydrogens (tertiary/aromatic N) is 1. The van der Waals surface area contributed by atoms with E-state index in [2.05, 4.69) is 15.9 Å². The number of thiocarbonyl (C=S) groups is 1. The molecule has 2 aromatic carbocycles. The molecule has 7 heteroatoms. The molecule has 2 aliphatic rings. The van der Waals surface area contributed by atoms with Gasteiger partial charge in [0.05, 0.1) is 17.6 Å². The van der Waals surface area contributed by atoms with Gasteiger partial charge in [0.2, 0.25) is 0 Å². The summed E-state index contributed by atoms with van der Waals surface area (Å²) in [5.74, 6) is 0.658. The number of rotatable bonds is 6. The highest BCUT2D eigenvalue weighted by Crippen LogP contribution is 2.36. The van der Waals surface area contributed by atoms with Gasteiger partial charge in [-0.15, -0.1) is 0 Å². The molecule has 0 N–H and O–H groups in total. The fourth-order valence-electron chi connectivity index (χ4n) is 3.29. The molecule has 0 spiro atoms. The minimum absolute atomic E-state index is 0.0653. The lowest BCUT2D eigenvalue weighted by Crippen LogP contribution is -2.35. The van der Waals surface area contributed by atoms with Crippen LogP contribution in [0.3, 0.4) is 0 Å². The normalized spacial score (nSPS) is 20.7. The van der Waals surface area contributed by atoms with Crippen molar-refractivity contribution in [1.29, 1.82) is 0 Å². The van der Waals surface area contributed by atoms with Crippen LogP contribution in [0.4, 0.5) is 0 Å². The Morgan fingerprint density at radius 2 is 2.10 bits per heavy atom. The first kappa shape index (κ1) is 20.6. The van der Waals surface area contributed by atoms with Crippen LogP contribution >= 0.6 is 39.9 Å². The van der Waals surface area contributed by atoms with Gasteiger partial charge >= 0.3 is 0 Å². The van der Waals surface area contributed by atoms with Crippen LogP contribution in [0.1, 0.15) is 24.0 Å². The van der Waals surface area contributed by atoms with E-state index in [0.717, 1.165) is 40.8 Å². The van der Waals surface area contributed by atoms with Crippen molar-refractivity contribution in [3.05, 3.63) is 69.0 Å². The van der Waals surface area contributed by atoms with Gasteiger partial charge in [0, 0.05) is 16.6 Å². The molecule has 2 fully saturated rings. The Bertz CT molecular complexity index is 942. The van der Waals surface area contributed by atoms with Gasteiger partial charge in [0.1, 0.15) is 16.7 Å². The number of thioether (sulfide) groups is 1. The highest BCUT2D eigenvalue weighted by molar-refractivity contribution is 9.10. The van der Waals surface area contributed by atoms with Crippen molar-refractivity contribution in [1.82, 2.24) is 4.90 Å². The molecule has 29 heavy (non-hydrogen) atoms. The molecular formula is C22H20BrNO3S2. The average Bonchev–Trinajstić information content (AvgIpc) is 3.32. The summed E-state index contributed by atoms with van der Waals surface area (Å²) in [5.41, 5.74) is 1.93. The molecule has 0 radical (unpaired) electrons. The summed E-state index contributed by atoms with van der Waals surface area (Å²) in [6.07, 6.45) is 3.95. The molecule has 2 aliphatic heterocycles. The van der Waals surface area contributed by atoms with E-state index < -0.39 is 0 Å². The highest BCUT2D eigenvalue weighted by Gasteiger charge is 2.34. The zero-order valence-corrected chi connectivity index (χ0v) is 18.9. The zero-order chi connectivity index (χ0) is 20.2. The van der Waals surface area contributed by atoms with Crippen LogP contribution < -0.4 is 4.74 Å². The van der Waals surface area contributed by atoms with Gasteiger partial charge in [0.25, 0.3) is 5.91 Å². The summed E-state index contributed by atoms with van der Waals surface area (Å²) in [5, 5.41) is 0. The Balaban J connectivity index is 1.53. The Labute approximate surface area is 188 Å². The summed E-state index contributed by atoms with van der Waals surface area (Å²) in [4.78, 5) is 15.2. The number of hydrogen-bond acceptors (Lipinski definition) is 5. The molecule has 0 unspecified atom stereocenters. The van der Waals surface area contributed by atoms with Crippen molar-refractivity contribution in [2.45, 2.75) is 25.6 Å². The number of carbonyl (C=O) groups is 1. The Morgan fingerprint density at radius 3 is 2.86 bits per heavy atom. The van der Waals surface area contributed by atoms with Gasteiger partial charge in [0.15, 0.2) is 0 Å². The van der Waals surface area contributed by atoms with Crippen molar-refractivity contribution in [2.24, 2.45) is 0 Å². The summed E-state index contributed by atoms with van der Waals surface area (Å²) in [7, 11) is 0. The predicted molar refractivity (Wildman–Crippen MR) is 124 cm³/mol. The summed E-state index contributed by atoms with van der Waals surface area (Å²) in [6, 6.07) is 15.8. The summed E-state index contributed by atoms with van der Waals surface area (Å²) >= 11 is 10.3. The lowest BCUT2D eigenvalue weighted by Gasteiger charge is -2.18. The van der Waals surface area contributed by atoms with Crippen molar-refractivity contribution in [3.8, 4) is 5.75 Å². The Hall–Kier alpha value is -1.67. The largest absolute Gasteiger partial charge is 0.488 e. The van der Waals surface area contributed by atoms with E-state index in [4.69, 9.17) is 21.7 Å². The van der Waals surface area contributed by atoms with Crippen LogP contribution in [-0.4, -0.2) is 34.4 Å². The van der Waals surface area contributed by atoms with Gasteiger partial charge in [-0.05, 0) is 42.7 Å². The first-order valence-corrected chi connectivity index (χ1v) is 11.4. The monoisotopic (exact) mass is 489 g/mol. The number of halogens is 1. The Morgan fingerprint density at radius 1 is 1.28 bits per heavy atom. The fourth-order valence-corrected chi connectivity index (χ4v) is 4.93. The maximum atomic E-state index is 12.9. The SMILES string of the molecule is O=C1/C(=C/c2cc(Br)ccc2OCc2ccccc2)SC(=S)N1C[C@@H]1CCCO1. The van der Waals surface area contributed by atoms with Crippen molar-refractivity contribution >= 4 is 56.2 Å². The first-order valence-electron chi connectivity index (χ1n) is 9.43. The molecule has 4 rings (SSSR count). The third kappa shape index (κ3) is 5.09. The predicted octanol–water partition coefficient (Wildman–Crippen LogP) is 5.41. The van der Waals surface area contributed by atoms with Gasteiger partial charge in [-0.25, -0.2) is 0 Å². The zero-order valence-electron chi connectivity index (χ0n) is 15.7. The molecule has 0 bridgehead atoms. The van der Waals surface area contributed by atoms with Gasteiger partial charge < -0.3 is 9.47 Å². The molecule has 4 nitrogen and oxygen atoms in total. The van der Waals surface area contributed by atoms with E-state index in [1.54, 1.807) is 4.90 Å². The van der Waals surface area contributed by atoms with Crippen LogP contribution in [0.2, 0.25) is 0 Å². The van der Waals surface area contributed by atoms with Gasteiger partial charge in [-0.2, -0.15) is 0 Å². The quantitative estimate of drug-likeness (QED) is 0.400. The van der Waals surface area contributed by atoms with Crippen LogP contribution in [-0.2, 0) is 16.1 Å². The van der Waals surface area contributed by atoms with Crippen LogP contribution in [0.15, 0.2) is 57.9 Å². The van der Waals surface area contributed by atoms with Crippen LogP contribution in [0.25, 0.3) is 6.08 Å². The van der Waals surface area contributed by atoms with E-state index in [1.165, 1.54) is 11.8 Å². The molecule has 2 saturated heterocycles. The smallest absolute Gasteiger partial charge is 0.266 e. The van der Waals surface area contributed by atoms with E-state index >= 15 is 0 Å². The number of ether oxygens (including phenoxy) is 2. The van der Waals surface area contributed by atoms with Gasteiger partial charge in [-0.3, -0.25) is 9.69 Å². The number of carbonyl (C=O) groups excluding carboxylic acids is 1. The molecule has 1 amide bonds. The lowest BCUT2D eigenvalue weighted by atomic mass is 10.1. The molecule has 0 aromatic heterocycles. The van der Waals surface area contributed by atoms with E-state index in [0.29, 0.717) is 22.4 Å². The standard InChI is InChI=1S/C22H20BrNO3S2/c23-17-8-9-19(27-14-15-5-2-1-3-6-15)16(11-17)12-20-21(25)24(22(28)29-20)13-18-7-4-10-26-18/h1-3,5-6,8-9,11-12,18H,4,7,10,13-14H2/b20-12-/t18-/m0/s1. The van der Waals surface area contributed by atoms with Crippen molar-refractivity contribution < 1.29 is 14.3 Å². The maximum Gasteiger partial charge on any atom is 0.266 e. The molecule has 2 aromatic rings. The third-order valence-electron chi connectivity index (χ3n) is 4.78. The third-order valence-corrected chi connectivity index (χ3v) is 6.65. The van der Waals surface area contributed by atoms with E-state index in [-0.39, 0.29) is 12.0 Å². The van der Waals surface area contributed by atoms with E-state index in [1.807, 2.05) is 54.6 Å². The Kier molecular flexibility index (Phi) is 6.70. The maximum absolute atomic E-state index is 12.9. The fraction of sp³-hybridized carbons (Fsp3) is 0.273. The number of hydrogen-bond donors (Lipinski definition) is 0. The minimum atomic E-state index is -0.0653. The first-order chi connectivity index (χ1) is 14.1. The highest BCUT2D eigenvalue weighted by atomic mass is 79.9. The summed E-state index contributed by atoms with van der Waals surface area (Å²) < 4.78 is 13.2. The van der Waals surface area contributed by atoms with Crippen LogP contribution in [0, 0.1) is 0 Å². The second-order valence-corrected chi connectivity index (χ2v) is 9.48. The lowest BCUT2D eigenvalue weighted by molar-refractivity contribution is -0.123. The number of benzene rings is 2. The second-order valence-electron chi connectivity index (χ2n) is 6.88. The van der Waals surface area contributed by atoms with Crippen molar-refractivity contribution in [3.63, 3.8) is 0 Å². The average molecular weight is 490 g/mol. The van der Waals surface area contributed by atoms with E-state index in [9.17, 15) is 4.79 Å². The van der Waals surface area contributed by atoms with Crippen LogP contribution in [0.5, 0.6) is 5.75 Å². The number of amides is 1. The van der Waals surface area contributed by atoms with Gasteiger partial charge in [-0.1, -0.05) is 70.2 Å². The molecule has 0 aliphatic carbocycles. The summed E-state index contributed by atoms with van der Waals surface area (Å²) in [6.45, 7) is 1.75. The molecule has 0 saturated carbocycles. The molecule has 1 atom stereocenters. The molecule has 150 valence electrons. The van der Waals surface area contributed by atoms with Crippen molar-refractivity contribution in [2.75, 3.05) is 13.2 Å². The topological polar surface area (TPSA) is 38.8 Å². The molecule has 2 heterocycles. The molecular weight excluding hydrogens is 470 g/mol. The second kappa shape index (κ2) is 9.43.